The normalized spacial score (nSPS) is 10.9. The number of aromatic amines is 1. The molecule has 0 saturated heterocycles. The van der Waals surface area contributed by atoms with Crippen LogP contribution in [-0.2, 0) is 0 Å². The third-order valence-electron chi connectivity index (χ3n) is 5.29. The summed E-state index contributed by atoms with van der Waals surface area (Å²) in [7, 11) is 0. The van der Waals surface area contributed by atoms with Crippen LogP contribution in [0.25, 0.3) is 16.6 Å². The number of hydrogen-bond donors (Lipinski definition) is 1. The Labute approximate surface area is 189 Å². The van der Waals surface area contributed by atoms with E-state index in [0.29, 0.717) is 23.0 Å². The number of para-hydroxylation sites is 2. The average Bonchev–Trinajstić information content (AvgIpc) is 2.81. The van der Waals surface area contributed by atoms with Crippen LogP contribution in [0.15, 0.2) is 82.4 Å². The largest absolute Gasteiger partial charge is 0.333 e. The molecule has 0 aliphatic rings. The van der Waals surface area contributed by atoms with E-state index in [-0.39, 0.29) is 16.6 Å². The summed E-state index contributed by atoms with van der Waals surface area (Å²) in [6.07, 6.45) is 1.77. The maximum Gasteiger partial charge on any atom is 0.333 e. The van der Waals surface area contributed by atoms with E-state index in [1.165, 1.54) is 12.1 Å². The van der Waals surface area contributed by atoms with Gasteiger partial charge in [-0.2, -0.15) is 0 Å². The van der Waals surface area contributed by atoms with E-state index < -0.39 is 11.2 Å². The maximum absolute atomic E-state index is 13.4. The van der Waals surface area contributed by atoms with Crippen LogP contribution in [0.1, 0.15) is 30.1 Å². The first kappa shape index (κ1) is 21.6. The third kappa shape index (κ3) is 4.09. The second-order valence-electron chi connectivity index (χ2n) is 7.43. The number of benzene rings is 3. The SMILES string of the molecule is CCCCN(C(=O)c1ccc(Cl)c(-n2c(=O)[nH]c3ccccc3c2=O)c1)c1ccccc1. The van der Waals surface area contributed by atoms with Crippen molar-refractivity contribution in [3.8, 4) is 5.69 Å². The molecule has 0 unspecified atom stereocenters. The van der Waals surface area contributed by atoms with E-state index >= 15 is 0 Å². The summed E-state index contributed by atoms with van der Waals surface area (Å²) in [5.41, 5.74) is 0.606. The predicted molar refractivity (Wildman–Crippen MR) is 128 cm³/mol. The van der Waals surface area contributed by atoms with E-state index in [0.717, 1.165) is 23.1 Å². The maximum atomic E-state index is 13.4. The van der Waals surface area contributed by atoms with E-state index in [1.807, 2.05) is 30.3 Å². The second kappa shape index (κ2) is 9.24. The lowest BCUT2D eigenvalue weighted by Gasteiger charge is -2.23. The molecule has 32 heavy (non-hydrogen) atoms. The molecule has 7 heteroatoms. The molecule has 3 aromatic carbocycles. The van der Waals surface area contributed by atoms with Gasteiger partial charge in [0.25, 0.3) is 11.5 Å². The standard InChI is InChI=1S/C25H22ClN3O3/c1-2-3-15-28(18-9-5-4-6-10-18)23(30)17-13-14-20(26)22(16-17)29-24(31)19-11-7-8-12-21(19)27-25(29)32/h4-14,16H,2-3,15H2,1H3,(H,27,32). The molecule has 6 nitrogen and oxygen atoms in total. The number of carbonyl (C=O) groups excluding carboxylic acids is 1. The van der Waals surface area contributed by atoms with Crippen LogP contribution in [0.5, 0.6) is 0 Å². The molecular formula is C25H22ClN3O3. The van der Waals surface area contributed by atoms with Crippen molar-refractivity contribution in [3.63, 3.8) is 0 Å². The molecule has 0 fully saturated rings. The number of H-pyrrole nitrogens is 1. The highest BCUT2D eigenvalue weighted by Gasteiger charge is 2.20. The molecular weight excluding hydrogens is 426 g/mol. The van der Waals surface area contributed by atoms with Crippen LogP contribution in [0.3, 0.4) is 0 Å². The van der Waals surface area contributed by atoms with Gasteiger partial charge in [0.2, 0.25) is 0 Å². The van der Waals surface area contributed by atoms with E-state index in [4.69, 9.17) is 11.6 Å². The number of fused-ring (bicyclic) bond motifs is 1. The first-order valence-corrected chi connectivity index (χ1v) is 10.8. The number of halogens is 1. The molecule has 0 spiro atoms. The fraction of sp³-hybridized carbons (Fsp3) is 0.160. The Kier molecular flexibility index (Phi) is 6.23. The third-order valence-corrected chi connectivity index (χ3v) is 5.61. The number of unbranched alkanes of at least 4 members (excludes halogenated alkanes) is 1. The molecule has 0 atom stereocenters. The Bertz CT molecular complexity index is 1390. The van der Waals surface area contributed by atoms with Gasteiger partial charge in [0.1, 0.15) is 0 Å². The number of nitrogens with one attached hydrogen (secondary N) is 1. The van der Waals surface area contributed by atoms with Crippen LogP contribution in [-0.4, -0.2) is 22.0 Å². The van der Waals surface area contributed by atoms with Crippen LogP contribution in [0, 0.1) is 0 Å². The van der Waals surface area contributed by atoms with Gasteiger partial charge in [0.15, 0.2) is 0 Å². The Hall–Kier alpha value is -3.64. The second-order valence-corrected chi connectivity index (χ2v) is 7.84. The van der Waals surface area contributed by atoms with Gasteiger partial charge in [-0.1, -0.05) is 55.3 Å². The number of amides is 1. The summed E-state index contributed by atoms with van der Waals surface area (Å²) < 4.78 is 0.973. The van der Waals surface area contributed by atoms with Gasteiger partial charge < -0.3 is 9.88 Å². The van der Waals surface area contributed by atoms with Crippen molar-refractivity contribution >= 4 is 34.1 Å². The number of anilines is 1. The summed E-state index contributed by atoms with van der Waals surface area (Å²) >= 11 is 6.37. The molecule has 0 radical (unpaired) electrons. The van der Waals surface area contributed by atoms with Crippen molar-refractivity contribution in [2.45, 2.75) is 19.8 Å². The van der Waals surface area contributed by atoms with Crippen LogP contribution in [0.4, 0.5) is 5.69 Å². The molecule has 0 aliphatic heterocycles. The van der Waals surface area contributed by atoms with Crippen molar-refractivity contribution in [2.24, 2.45) is 0 Å². The predicted octanol–water partition coefficient (Wildman–Crippen LogP) is 4.78. The average molecular weight is 448 g/mol. The lowest BCUT2D eigenvalue weighted by molar-refractivity contribution is 0.0986. The molecule has 4 aromatic rings. The van der Waals surface area contributed by atoms with E-state index in [9.17, 15) is 14.4 Å². The van der Waals surface area contributed by atoms with E-state index in [2.05, 4.69) is 11.9 Å². The summed E-state index contributed by atoms with van der Waals surface area (Å²) in [5, 5.41) is 0.554. The molecule has 1 heterocycles. The Morgan fingerprint density at radius 2 is 1.72 bits per heavy atom. The van der Waals surface area contributed by atoms with Gasteiger partial charge in [0, 0.05) is 17.8 Å². The number of hydrogen-bond acceptors (Lipinski definition) is 3. The number of carbonyl (C=O) groups is 1. The minimum Gasteiger partial charge on any atom is -0.308 e. The summed E-state index contributed by atoms with van der Waals surface area (Å²) in [5.74, 6) is -0.229. The summed E-state index contributed by atoms with van der Waals surface area (Å²) in [6.45, 7) is 2.61. The molecule has 1 amide bonds. The van der Waals surface area contributed by atoms with Gasteiger partial charge in [-0.3, -0.25) is 9.59 Å². The Morgan fingerprint density at radius 3 is 2.47 bits per heavy atom. The van der Waals surface area contributed by atoms with Crippen molar-refractivity contribution in [2.75, 3.05) is 11.4 Å². The fourth-order valence-corrected chi connectivity index (χ4v) is 3.83. The molecule has 1 aromatic heterocycles. The minimum atomic E-state index is -0.619. The van der Waals surface area contributed by atoms with Crippen molar-refractivity contribution in [3.05, 3.63) is 104 Å². The quantitative estimate of drug-likeness (QED) is 0.462. The van der Waals surface area contributed by atoms with Crippen molar-refractivity contribution in [1.82, 2.24) is 9.55 Å². The molecule has 4 rings (SSSR count). The molecule has 0 aliphatic carbocycles. The molecule has 0 bridgehead atoms. The first-order valence-electron chi connectivity index (χ1n) is 10.4. The molecule has 1 N–H and O–H groups in total. The van der Waals surface area contributed by atoms with Crippen molar-refractivity contribution < 1.29 is 4.79 Å². The van der Waals surface area contributed by atoms with Crippen LogP contribution >= 0.6 is 11.6 Å². The van der Waals surface area contributed by atoms with E-state index in [1.54, 1.807) is 35.2 Å². The number of rotatable bonds is 6. The van der Waals surface area contributed by atoms with Crippen LogP contribution < -0.4 is 16.1 Å². The van der Waals surface area contributed by atoms with Crippen molar-refractivity contribution in [1.29, 1.82) is 0 Å². The first-order chi connectivity index (χ1) is 15.5. The number of aromatic nitrogens is 2. The summed E-state index contributed by atoms with van der Waals surface area (Å²) in [4.78, 5) is 43.6. The molecule has 0 saturated carbocycles. The monoisotopic (exact) mass is 447 g/mol. The van der Waals surface area contributed by atoms with Gasteiger partial charge in [0.05, 0.1) is 21.6 Å². The zero-order valence-electron chi connectivity index (χ0n) is 17.5. The highest BCUT2D eigenvalue weighted by Crippen LogP contribution is 2.23. The van der Waals surface area contributed by atoms with Gasteiger partial charge >= 0.3 is 5.69 Å². The van der Waals surface area contributed by atoms with Gasteiger partial charge in [-0.05, 0) is 48.9 Å². The zero-order valence-corrected chi connectivity index (χ0v) is 18.3. The van der Waals surface area contributed by atoms with Gasteiger partial charge in [-0.15, -0.1) is 0 Å². The Balaban J connectivity index is 1.83. The lowest BCUT2D eigenvalue weighted by atomic mass is 10.1. The summed E-state index contributed by atoms with van der Waals surface area (Å²) in [6, 6.07) is 20.8. The highest BCUT2D eigenvalue weighted by atomic mass is 35.5. The zero-order chi connectivity index (χ0) is 22.7. The smallest absolute Gasteiger partial charge is 0.308 e. The lowest BCUT2D eigenvalue weighted by Crippen LogP contribution is -2.35. The topological polar surface area (TPSA) is 75.2 Å². The minimum absolute atomic E-state index is 0.165. The Morgan fingerprint density at radius 1 is 1.00 bits per heavy atom. The van der Waals surface area contributed by atoms with Gasteiger partial charge in [-0.25, -0.2) is 9.36 Å². The number of nitrogens with zero attached hydrogens (tertiary/aromatic N) is 2. The highest BCUT2D eigenvalue weighted by molar-refractivity contribution is 6.32. The van der Waals surface area contributed by atoms with Crippen LogP contribution in [0.2, 0.25) is 5.02 Å². The molecule has 162 valence electrons. The fourth-order valence-electron chi connectivity index (χ4n) is 3.63.